The third kappa shape index (κ3) is 3.94. The largest absolute Gasteiger partial charge is 0.338 e. The van der Waals surface area contributed by atoms with Gasteiger partial charge in [0.05, 0.1) is 6.54 Å². The van der Waals surface area contributed by atoms with Gasteiger partial charge in [0.2, 0.25) is 11.8 Å². The maximum Gasteiger partial charge on any atom is 0.246 e. The number of carbonyl (C=O) groups is 2. The Morgan fingerprint density at radius 1 is 1.43 bits per heavy atom. The number of hydrogen-bond acceptors (Lipinski definition) is 2. The van der Waals surface area contributed by atoms with Gasteiger partial charge in [-0.2, -0.15) is 0 Å². The summed E-state index contributed by atoms with van der Waals surface area (Å²) in [5.41, 5.74) is 0.269. The van der Waals surface area contributed by atoms with Crippen LogP contribution in [0.5, 0.6) is 0 Å². The van der Waals surface area contributed by atoms with E-state index in [0.29, 0.717) is 6.54 Å². The van der Waals surface area contributed by atoms with Crippen molar-refractivity contribution in [1.82, 2.24) is 9.80 Å². The van der Waals surface area contributed by atoms with Gasteiger partial charge < -0.3 is 9.80 Å². The van der Waals surface area contributed by atoms with Crippen LogP contribution in [0.2, 0.25) is 0 Å². The monoisotopic (exact) mass is 322 g/mol. The number of benzene rings is 1. The van der Waals surface area contributed by atoms with Crippen LogP contribution in [-0.2, 0) is 16.0 Å². The fourth-order valence-corrected chi connectivity index (χ4v) is 2.86. The van der Waals surface area contributed by atoms with Crippen LogP contribution >= 0.6 is 0 Å². The second-order valence-corrected chi connectivity index (χ2v) is 5.70. The second-order valence-electron chi connectivity index (χ2n) is 5.70. The third-order valence-corrected chi connectivity index (χ3v) is 4.11. The van der Waals surface area contributed by atoms with Gasteiger partial charge in [-0.05, 0) is 37.0 Å². The maximum absolute atomic E-state index is 13.8. The smallest absolute Gasteiger partial charge is 0.246 e. The Morgan fingerprint density at radius 3 is 2.87 bits per heavy atom. The molecule has 1 heterocycles. The molecule has 2 amide bonds. The van der Waals surface area contributed by atoms with Gasteiger partial charge in [0, 0.05) is 19.6 Å². The number of carbonyl (C=O) groups excluding carboxylic acids is 2. The van der Waals surface area contributed by atoms with Crippen LogP contribution in [0.25, 0.3) is 0 Å². The lowest BCUT2D eigenvalue weighted by Gasteiger charge is -2.27. The molecule has 0 aromatic heterocycles. The molecule has 0 saturated carbocycles. The SMILES string of the molecule is C=CC(=O)N(C)CC(=O)N1CCCC1Cc1cccc(F)c1F. The molecule has 0 radical (unpaired) electrons. The van der Waals surface area contributed by atoms with Gasteiger partial charge in [-0.25, -0.2) is 8.78 Å². The molecule has 6 heteroatoms. The van der Waals surface area contributed by atoms with Crippen molar-refractivity contribution in [3.05, 3.63) is 48.1 Å². The highest BCUT2D eigenvalue weighted by atomic mass is 19.2. The zero-order valence-electron chi connectivity index (χ0n) is 13.1. The summed E-state index contributed by atoms with van der Waals surface area (Å²) in [7, 11) is 1.53. The van der Waals surface area contributed by atoms with Crippen LogP contribution in [0.3, 0.4) is 0 Å². The standard InChI is InChI=1S/C17H20F2N2O2/c1-3-15(22)20(2)11-16(23)21-9-5-7-13(21)10-12-6-4-8-14(18)17(12)19/h3-4,6,8,13H,1,5,7,9-11H2,2H3. The number of likely N-dealkylation sites (N-methyl/N-ethyl adjacent to an activating group) is 1. The van der Waals surface area contributed by atoms with Crippen molar-refractivity contribution < 1.29 is 18.4 Å². The minimum atomic E-state index is -0.880. The molecule has 1 aliphatic heterocycles. The zero-order chi connectivity index (χ0) is 17.0. The first-order valence-corrected chi connectivity index (χ1v) is 7.54. The lowest BCUT2D eigenvalue weighted by atomic mass is 10.0. The van der Waals surface area contributed by atoms with Gasteiger partial charge in [0.1, 0.15) is 0 Å². The molecule has 0 N–H and O–H groups in total. The summed E-state index contributed by atoms with van der Waals surface area (Å²) >= 11 is 0. The van der Waals surface area contributed by atoms with E-state index in [4.69, 9.17) is 0 Å². The molecule has 1 aliphatic rings. The van der Waals surface area contributed by atoms with Crippen molar-refractivity contribution in [3.63, 3.8) is 0 Å². The topological polar surface area (TPSA) is 40.6 Å². The quantitative estimate of drug-likeness (QED) is 0.779. The Labute approximate surface area is 134 Å². The molecule has 1 unspecified atom stereocenters. The second kappa shape index (κ2) is 7.35. The fourth-order valence-electron chi connectivity index (χ4n) is 2.86. The fraction of sp³-hybridized carbons (Fsp3) is 0.412. The van der Waals surface area contributed by atoms with E-state index in [0.717, 1.165) is 25.0 Å². The highest BCUT2D eigenvalue weighted by Gasteiger charge is 2.30. The van der Waals surface area contributed by atoms with Crippen LogP contribution in [0.15, 0.2) is 30.9 Å². The first kappa shape index (κ1) is 17.1. The van der Waals surface area contributed by atoms with E-state index < -0.39 is 11.6 Å². The normalized spacial score (nSPS) is 17.2. The number of rotatable bonds is 5. The lowest BCUT2D eigenvalue weighted by molar-refractivity contribution is -0.137. The van der Waals surface area contributed by atoms with Crippen molar-refractivity contribution in [2.45, 2.75) is 25.3 Å². The molecule has 23 heavy (non-hydrogen) atoms. The molecule has 1 fully saturated rings. The van der Waals surface area contributed by atoms with E-state index >= 15 is 0 Å². The van der Waals surface area contributed by atoms with E-state index in [2.05, 4.69) is 6.58 Å². The van der Waals surface area contributed by atoms with E-state index in [1.165, 1.54) is 24.1 Å². The molecule has 0 spiro atoms. The first-order chi connectivity index (χ1) is 10.9. The van der Waals surface area contributed by atoms with Gasteiger partial charge in [0.15, 0.2) is 11.6 Å². The van der Waals surface area contributed by atoms with Crippen LogP contribution in [0.4, 0.5) is 8.78 Å². The molecular weight excluding hydrogens is 302 g/mol. The van der Waals surface area contributed by atoms with Crippen molar-refractivity contribution >= 4 is 11.8 Å². The number of halogens is 2. The van der Waals surface area contributed by atoms with Crippen molar-refractivity contribution in [1.29, 1.82) is 0 Å². The van der Waals surface area contributed by atoms with Gasteiger partial charge >= 0.3 is 0 Å². The molecule has 4 nitrogen and oxygen atoms in total. The molecule has 1 atom stereocenters. The molecule has 0 bridgehead atoms. The zero-order valence-corrected chi connectivity index (χ0v) is 13.1. The summed E-state index contributed by atoms with van der Waals surface area (Å²) in [6.07, 6.45) is 2.97. The maximum atomic E-state index is 13.8. The van der Waals surface area contributed by atoms with Crippen molar-refractivity contribution in [2.24, 2.45) is 0 Å². The van der Waals surface area contributed by atoms with E-state index in [1.807, 2.05) is 0 Å². The molecular formula is C17H20F2N2O2. The van der Waals surface area contributed by atoms with Crippen LogP contribution < -0.4 is 0 Å². The molecule has 1 aromatic carbocycles. The summed E-state index contributed by atoms with van der Waals surface area (Å²) in [5, 5.41) is 0. The highest BCUT2D eigenvalue weighted by molar-refractivity contribution is 5.90. The van der Waals surface area contributed by atoms with Crippen molar-refractivity contribution in [3.8, 4) is 0 Å². The van der Waals surface area contributed by atoms with E-state index in [9.17, 15) is 18.4 Å². The third-order valence-electron chi connectivity index (χ3n) is 4.11. The van der Waals surface area contributed by atoms with Gasteiger partial charge in [-0.3, -0.25) is 9.59 Å². The Hall–Kier alpha value is -2.24. The molecule has 2 rings (SSSR count). The number of likely N-dealkylation sites (tertiary alicyclic amines) is 1. The van der Waals surface area contributed by atoms with Crippen molar-refractivity contribution in [2.75, 3.05) is 20.1 Å². The minimum Gasteiger partial charge on any atom is -0.338 e. The Kier molecular flexibility index (Phi) is 5.47. The summed E-state index contributed by atoms with van der Waals surface area (Å²) in [5.74, 6) is -2.26. The Balaban J connectivity index is 2.05. The Bertz CT molecular complexity index is 619. The lowest BCUT2D eigenvalue weighted by Crippen LogP contribution is -2.43. The summed E-state index contributed by atoms with van der Waals surface area (Å²) in [4.78, 5) is 26.8. The predicted molar refractivity (Wildman–Crippen MR) is 82.6 cm³/mol. The number of amides is 2. The summed E-state index contributed by atoms with van der Waals surface area (Å²) < 4.78 is 27.1. The number of hydrogen-bond donors (Lipinski definition) is 0. The van der Waals surface area contributed by atoms with E-state index in [-0.39, 0.29) is 36.4 Å². The van der Waals surface area contributed by atoms with Crippen LogP contribution in [0.1, 0.15) is 18.4 Å². The highest BCUT2D eigenvalue weighted by Crippen LogP contribution is 2.23. The number of nitrogens with zero attached hydrogens (tertiary/aromatic N) is 2. The van der Waals surface area contributed by atoms with Crippen LogP contribution in [-0.4, -0.2) is 47.8 Å². The predicted octanol–water partition coefficient (Wildman–Crippen LogP) is 2.14. The Morgan fingerprint density at radius 2 is 2.17 bits per heavy atom. The molecule has 124 valence electrons. The molecule has 1 aromatic rings. The van der Waals surface area contributed by atoms with E-state index in [1.54, 1.807) is 4.90 Å². The van der Waals surface area contributed by atoms with Gasteiger partial charge in [-0.15, -0.1) is 0 Å². The molecule has 1 saturated heterocycles. The van der Waals surface area contributed by atoms with Gasteiger partial charge in [-0.1, -0.05) is 18.7 Å². The average molecular weight is 322 g/mol. The summed E-state index contributed by atoms with van der Waals surface area (Å²) in [6, 6.07) is 3.90. The van der Waals surface area contributed by atoms with Gasteiger partial charge in [0.25, 0.3) is 0 Å². The first-order valence-electron chi connectivity index (χ1n) is 7.54. The van der Waals surface area contributed by atoms with Crippen LogP contribution in [0, 0.1) is 11.6 Å². The average Bonchev–Trinajstić information content (AvgIpc) is 2.99. The molecule has 0 aliphatic carbocycles. The minimum absolute atomic E-state index is 0.0486. The summed E-state index contributed by atoms with van der Waals surface area (Å²) in [6.45, 7) is 3.90.